The van der Waals surface area contributed by atoms with Gasteiger partial charge in [0, 0.05) is 53.9 Å². The number of hydrogen-bond acceptors (Lipinski definition) is 6. The lowest BCUT2D eigenvalue weighted by Gasteiger charge is -2.45. The lowest BCUT2D eigenvalue weighted by atomic mass is 9.66. The molecule has 2 aliphatic heterocycles. The van der Waals surface area contributed by atoms with E-state index in [1.807, 2.05) is 44.7 Å². The number of rotatable bonds is 10. The van der Waals surface area contributed by atoms with Crippen LogP contribution < -0.4 is 0 Å². The summed E-state index contributed by atoms with van der Waals surface area (Å²) in [5.74, 6) is -2.13. The minimum atomic E-state index is -1.25. The predicted molar refractivity (Wildman–Crippen MR) is 181 cm³/mol. The summed E-state index contributed by atoms with van der Waals surface area (Å²) in [6.45, 7) is 16.2. The van der Waals surface area contributed by atoms with Crippen LogP contribution in [0, 0.1) is 20.8 Å². The van der Waals surface area contributed by atoms with Crippen molar-refractivity contribution in [2.24, 2.45) is 0 Å². The van der Waals surface area contributed by atoms with E-state index in [9.17, 15) is 19.8 Å². The van der Waals surface area contributed by atoms with Crippen LogP contribution >= 0.6 is 11.3 Å². The molecule has 0 radical (unpaired) electrons. The van der Waals surface area contributed by atoms with Gasteiger partial charge in [0.25, 0.3) is 0 Å². The van der Waals surface area contributed by atoms with Gasteiger partial charge in [0.05, 0.1) is 22.6 Å². The molecule has 0 aliphatic carbocycles. The van der Waals surface area contributed by atoms with Gasteiger partial charge < -0.3 is 20.0 Å². The zero-order valence-corrected chi connectivity index (χ0v) is 28.1. The van der Waals surface area contributed by atoms with Crippen molar-refractivity contribution >= 4 is 23.3 Å². The van der Waals surface area contributed by atoms with Crippen molar-refractivity contribution in [1.82, 2.24) is 14.7 Å². The van der Waals surface area contributed by atoms with Crippen LogP contribution in [0.25, 0.3) is 0 Å². The van der Waals surface area contributed by atoms with Crippen molar-refractivity contribution in [1.29, 1.82) is 0 Å². The number of thiophene rings is 1. The first-order valence-corrected chi connectivity index (χ1v) is 16.6. The van der Waals surface area contributed by atoms with Gasteiger partial charge >= 0.3 is 11.9 Å². The van der Waals surface area contributed by atoms with Crippen LogP contribution in [0.4, 0.5) is 0 Å². The summed E-state index contributed by atoms with van der Waals surface area (Å²) < 4.78 is 0. The zero-order chi connectivity index (χ0) is 32.5. The molecule has 3 aromatic rings. The van der Waals surface area contributed by atoms with E-state index in [1.54, 1.807) is 0 Å². The molecule has 1 saturated heterocycles. The summed E-state index contributed by atoms with van der Waals surface area (Å²) in [5.41, 5.74) is 5.34. The summed E-state index contributed by atoms with van der Waals surface area (Å²) in [5, 5.41) is 21.4. The van der Waals surface area contributed by atoms with E-state index in [2.05, 4.69) is 72.2 Å². The fourth-order valence-corrected chi connectivity index (χ4v) is 8.48. The molecule has 2 aromatic carbocycles. The number of aliphatic carboxylic acids is 2. The van der Waals surface area contributed by atoms with Gasteiger partial charge in [-0.1, -0.05) is 59.7 Å². The van der Waals surface area contributed by atoms with E-state index in [0.717, 1.165) is 35.9 Å². The molecular weight excluding hydrogens is 582 g/mol. The minimum Gasteiger partial charge on any atom is -0.478 e. The van der Waals surface area contributed by atoms with Gasteiger partial charge in [0.15, 0.2) is 0 Å². The van der Waals surface area contributed by atoms with Crippen molar-refractivity contribution in [3.05, 3.63) is 115 Å². The van der Waals surface area contributed by atoms with E-state index in [1.165, 1.54) is 33.6 Å². The fraction of sp³-hybridized carbons (Fsp3) is 0.405. The molecule has 2 aliphatic rings. The van der Waals surface area contributed by atoms with Gasteiger partial charge in [0.2, 0.25) is 0 Å². The fourth-order valence-electron chi connectivity index (χ4n) is 7.38. The molecule has 0 atom stereocenters. The van der Waals surface area contributed by atoms with Crippen molar-refractivity contribution in [2.45, 2.75) is 59.4 Å². The Kier molecular flexibility index (Phi) is 9.68. The number of aryl methyl sites for hydroxylation is 3. The average molecular weight is 628 g/mol. The van der Waals surface area contributed by atoms with Gasteiger partial charge in [-0.15, -0.1) is 11.3 Å². The standard InChI is InChI=1S/C37H45N3O4S/c1-7-40-27(5)32(35(41)42)37(31-17-12-26(4)45-31,33(28(40)6)36(43)44)18-19-38-20-22-39(23-21-38)34(29-13-8-24(2)9-14-29)30-15-10-25(3)11-16-30/h8-17,34H,7,18-23H2,1-6H3,(H,41,42)(H,43,44). The number of benzene rings is 2. The Morgan fingerprint density at radius 2 is 1.24 bits per heavy atom. The summed E-state index contributed by atoms with van der Waals surface area (Å²) in [7, 11) is 0. The molecule has 1 aromatic heterocycles. The Hall–Kier alpha value is -3.72. The topological polar surface area (TPSA) is 84.3 Å². The van der Waals surface area contributed by atoms with Crippen molar-refractivity contribution < 1.29 is 19.8 Å². The highest BCUT2D eigenvalue weighted by molar-refractivity contribution is 7.12. The lowest BCUT2D eigenvalue weighted by Crippen LogP contribution is -2.51. The molecule has 0 unspecified atom stereocenters. The molecule has 8 heteroatoms. The van der Waals surface area contributed by atoms with Crippen molar-refractivity contribution in [2.75, 3.05) is 39.3 Å². The monoisotopic (exact) mass is 627 g/mol. The molecule has 45 heavy (non-hydrogen) atoms. The number of carboxylic acid groups (broad SMARTS) is 2. The Balaban J connectivity index is 1.45. The molecule has 0 bridgehead atoms. The molecule has 2 N–H and O–H groups in total. The molecule has 1 fully saturated rings. The van der Waals surface area contributed by atoms with Crippen LogP contribution in [0.15, 0.2) is 83.2 Å². The maximum absolute atomic E-state index is 13.1. The Labute approximate surface area is 271 Å². The van der Waals surface area contributed by atoms with Crippen LogP contribution in [0.5, 0.6) is 0 Å². The minimum absolute atomic E-state index is 0.139. The third-order valence-electron chi connectivity index (χ3n) is 9.65. The van der Waals surface area contributed by atoms with Gasteiger partial charge in [-0.05, 0) is 77.8 Å². The third kappa shape index (κ3) is 6.24. The first-order valence-electron chi connectivity index (χ1n) is 15.8. The van der Waals surface area contributed by atoms with E-state index in [-0.39, 0.29) is 17.2 Å². The van der Waals surface area contributed by atoms with E-state index in [0.29, 0.717) is 30.9 Å². The number of hydrogen-bond donors (Lipinski definition) is 2. The van der Waals surface area contributed by atoms with E-state index in [4.69, 9.17) is 0 Å². The summed E-state index contributed by atoms with van der Waals surface area (Å²) in [6.07, 6.45) is 0.377. The quantitative estimate of drug-likeness (QED) is 0.257. The van der Waals surface area contributed by atoms with Crippen LogP contribution in [-0.2, 0) is 15.0 Å². The van der Waals surface area contributed by atoms with Crippen LogP contribution in [0.1, 0.15) is 65.2 Å². The maximum Gasteiger partial charge on any atom is 0.334 e. The lowest BCUT2D eigenvalue weighted by molar-refractivity contribution is -0.134. The normalized spacial score (nSPS) is 17.8. The highest BCUT2D eigenvalue weighted by Gasteiger charge is 2.52. The summed E-state index contributed by atoms with van der Waals surface area (Å²) >= 11 is 1.50. The van der Waals surface area contributed by atoms with Crippen molar-refractivity contribution in [3.8, 4) is 0 Å². The van der Waals surface area contributed by atoms with Crippen LogP contribution in [0.3, 0.4) is 0 Å². The van der Waals surface area contributed by atoms with Gasteiger partial charge in [0.1, 0.15) is 0 Å². The first kappa shape index (κ1) is 32.7. The Bertz CT molecular complexity index is 1530. The smallest absolute Gasteiger partial charge is 0.334 e. The Morgan fingerprint density at radius 3 is 1.64 bits per heavy atom. The maximum atomic E-state index is 13.1. The highest BCUT2D eigenvalue weighted by Crippen LogP contribution is 2.51. The summed E-state index contributed by atoms with van der Waals surface area (Å²) in [4.78, 5) is 34.7. The molecule has 5 rings (SSSR count). The van der Waals surface area contributed by atoms with Crippen LogP contribution in [-0.4, -0.2) is 76.1 Å². The number of carbonyl (C=O) groups is 2. The van der Waals surface area contributed by atoms with Gasteiger partial charge in [-0.25, -0.2) is 9.59 Å². The Morgan fingerprint density at radius 1 is 0.756 bits per heavy atom. The second-order valence-electron chi connectivity index (χ2n) is 12.4. The van der Waals surface area contributed by atoms with Crippen molar-refractivity contribution in [3.63, 3.8) is 0 Å². The zero-order valence-electron chi connectivity index (χ0n) is 27.3. The molecule has 7 nitrogen and oxygen atoms in total. The molecule has 0 spiro atoms. The second-order valence-corrected chi connectivity index (χ2v) is 13.7. The molecule has 3 heterocycles. The number of allylic oxidation sites excluding steroid dienone is 2. The second kappa shape index (κ2) is 13.3. The number of carboxylic acids is 2. The third-order valence-corrected chi connectivity index (χ3v) is 10.8. The van der Waals surface area contributed by atoms with Gasteiger partial charge in [-0.2, -0.15) is 0 Å². The molecular formula is C37H45N3O4S. The predicted octanol–water partition coefficient (Wildman–Crippen LogP) is 6.76. The summed E-state index contributed by atoms with van der Waals surface area (Å²) in [6, 6.07) is 21.6. The number of nitrogens with zero attached hydrogens (tertiary/aromatic N) is 3. The number of piperazine rings is 1. The molecule has 238 valence electrons. The average Bonchev–Trinajstić information content (AvgIpc) is 3.45. The molecule has 0 amide bonds. The first-order chi connectivity index (χ1) is 21.5. The van der Waals surface area contributed by atoms with E-state index >= 15 is 0 Å². The van der Waals surface area contributed by atoms with Gasteiger partial charge in [-0.3, -0.25) is 4.90 Å². The SMILES string of the molecule is CCN1C(C)=C(C(=O)O)C(CCN2CCN(C(c3ccc(C)cc3)c3ccc(C)cc3)CC2)(c2ccc(C)s2)C(C(=O)O)=C1C. The highest BCUT2D eigenvalue weighted by atomic mass is 32.1. The molecule has 0 saturated carbocycles. The van der Waals surface area contributed by atoms with E-state index < -0.39 is 17.4 Å². The van der Waals surface area contributed by atoms with Crippen LogP contribution in [0.2, 0.25) is 0 Å². The largest absolute Gasteiger partial charge is 0.478 e.